The first-order chi connectivity index (χ1) is 18.8. The highest BCUT2D eigenvalue weighted by molar-refractivity contribution is 5.87. The zero-order valence-electron chi connectivity index (χ0n) is 21.1. The average molecular weight is 496 g/mol. The number of nitrogens with zero attached hydrogens (tertiary/aromatic N) is 3. The molecule has 5 aromatic rings. The molecule has 186 valence electrons. The smallest absolute Gasteiger partial charge is 0.0971 e. The standard InChI is InChI=1S/C33H29N5/c1-2-14-28-27(13-1)24-10-9-11-25(20-24)30(21-26-12-7-8-19-34-26)36-29-15-3-4-16-31(29)38-23-37(22-35-28)32-17-5-6-18-33(32)38/h1-20,30,35-36H,21-23H2. The second kappa shape index (κ2) is 9.60. The van der Waals surface area contributed by atoms with Crippen LogP contribution in [-0.4, -0.2) is 18.3 Å². The SMILES string of the molecule is c1ccc(CC2Nc3ccccc3N3CN(CNc4ccccc4-c4cccc2c4)c2ccccc23)nc1. The Labute approximate surface area is 223 Å². The molecule has 4 bridgehead atoms. The van der Waals surface area contributed by atoms with Crippen molar-refractivity contribution in [2.75, 3.05) is 33.8 Å². The number of fused-ring (bicyclic) bond motifs is 11. The molecular weight excluding hydrogens is 466 g/mol. The number of rotatable bonds is 2. The first-order valence-corrected chi connectivity index (χ1v) is 13.1. The van der Waals surface area contributed by atoms with E-state index in [9.17, 15) is 0 Å². The topological polar surface area (TPSA) is 43.4 Å². The van der Waals surface area contributed by atoms with Gasteiger partial charge in [0.05, 0.1) is 42.1 Å². The molecule has 0 fully saturated rings. The lowest BCUT2D eigenvalue weighted by atomic mass is 9.95. The third kappa shape index (κ3) is 4.12. The molecule has 4 aromatic carbocycles. The molecule has 0 saturated carbocycles. The maximum atomic E-state index is 4.66. The van der Waals surface area contributed by atoms with Crippen LogP contribution in [0.1, 0.15) is 17.3 Å². The fourth-order valence-electron chi connectivity index (χ4n) is 5.62. The first kappa shape index (κ1) is 22.4. The number of nitrogens with one attached hydrogen (secondary N) is 2. The van der Waals surface area contributed by atoms with E-state index < -0.39 is 0 Å². The van der Waals surface area contributed by atoms with Crippen molar-refractivity contribution < 1.29 is 0 Å². The van der Waals surface area contributed by atoms with Gasteiger partial charge in [-0.25, -0.2) is 0 Å². The lowest BCUT2D eigenvalue weighted by Gasteiger charge is -2.28. The Bertz CT molecular complexity index is 1580. The normalized spacial score (nSPS) is 15.8. The third-order valence-electron chi connectivity index (χ3n) is 7.48. The molecule has 5 heteroatoms. The van der Waals surface area contributed by atoms with Gasteiger partial charge in [0.2, 0.25) is 0 Å². The fourth-order valence-corrected chi connectivity index (χ4v) is 5.62. The second-order valence-corrected chi connectivity index (χ2v) is 9.84. The number of pyridine rings is 1. The van der Waals surface area contributed by atoms with Gasteiger partial charge < -0.3 is 20.4 Å². The van der Waals surface area contributed by atoms with Crippen LogP contribution < -0.4 is 20.4 Å². The minimum Gasteiger partial charge on any atom is -0.376 e. The first-order valence-electron chi connectivity index (χ1n) is 13.1. The van der Waals surface area contributed by atoms with Gasteiger partial charge in [-0.15, -0.1) is 0 Å². The van der Waals surface area contributed by atoms with E-state index in [1.54, 1.807) is 0 Å². The molecule has 7 rings (SSSR count). The Hall–Kier alpha value is -4.77. The number of benzene rings is 4. The summed E-state index contributed by atoms with van der Waals surface area (Å²) in [5.41, 5.74) is 10.6. The van der Waals surface area contributed by atoms with Crippen molar-refractivity contribution in [3.8, 4) is 11.1 Å². The van der Waals surface area contributed by atoms with Crippen LogP contribution in [-0.2, 0) is 6.42 Å². The Morgan fingerprint density at radius 1 is 0.711 bits per heavy atom. The van der Waals surface area contributed by atoms with Crippen LogP contribution in [0, 0.1) is 0 Å². The minimum absolute atomic E-state index is 0.0445. The molecule has 0 amide bonds. The van der Waals surface area contributed by atoms with Crippen molar-refractivity contribution in [3.63, 3.8) is 0 Å². The molecule has 0 spiro atoms. The van der Waals surface area contributed by atoms with Crippen molar-refractivity contribution in [3.05, 3.63) is 133 Å². The van der Waals surface area contributed by atoms with Gasteiger partial charge in [-0.1, -0.05) is 66.7 Å². The molecule has 0 saturated heterocycles. The average Bonchev–Trinajstić information content (AvgIpc) is 3.35. The highest BCUT2D eigenvalue weighted by atomic mass is 15.4. The van der Waals surface area contributed by atoms with Crippen molar-refractivity contribution in [2.24, 2.45) is 0 Å². The van der Waals surface area contributed by atoms with E-state index in [1.807, 2.05) is 12.3 Å². The largest absolute Gasteiger partial charge is 0.376 e. The van der Waals surface area contributed by atoms with Gasteiger partial charge in [-0.05, 0) is 59.7 Å². The maximum Gasteiger partial charge on any atom is 0.0971 e. The van der Waals surface area contributed by atoms with E-state index in [1.165, 1.54) is 33.8 Å². The summed E-state index contributed by atoms with van der Waals surface area (Å²) in [5, 5.41) is 7.67. The number of para-hydroxylation sites is 5. The quantitative estimate of drug-likeness (QED) is 0.266. The Morgan fingerprint density at radius 3 is 2.34 bits per heavy atom. The molecule has 2 N–H and O–H groups in total. The van der Waals surface area contributed by atoms with E-state index in [2.05, 4.69) is 135 Å². The summed E-state index contributed by atoms with van der Waals surface area (Å²) in [7, 11) is 0. The van der Waals surface area contributed by atoms with Gasteiger partial charge in [0.15, 0.2) is 0 Å². The van der Waals surface area contributed by atoms with Crippen LogP contribution in [0.25, 0.3) is 11.1 Å². The summed E-state index contributed by atoms with van der Waals surface area (Å²) in [6.07, 6.45) is 2.65. The monoisotopic (exact) mass is 495 g/mol. The molecule has 2 aliphatic rings. The Balaban J connectivity index is 1.40. The number of anilines is 5. The van der Waals surface area contributed by atoms with Crippen LogP contribution >= 0.6 is 0 Å². The minimum atomic E-state index is 0.0445. The summed E-state index contributed by atoms with van der Waals surface area (Å²) in [5.74, 6) is 0. The molecule has 0 aliphatic carbocycles. The van der Waals surface area contributed by atoms with Crippen molar-refractivity contribution in [2.45, 2.75) is 12.5 Å². The van der Waals surface area contributed by atoms with E-state index in [-0.39, 0.29) is 6.04 Å². The Kier molecular flexibility index (Phi) is 5.66. The molecule has 0 radical (unpaired) electrons. The predicted molar refractivity (Wildman–Crippen MR) is 157 cm³/mol. The molecular formula is C33H29N5. The van der Waals surface area contributed by atoms with Crippen molar-refractivity contribution in [1.82, 2.24) is 4.98 Å². The summed E-state index contributed by atoms with van der Waals surface area (Å²) < 4.78 is 0. The lowest BCUT2D eigenvalue weighted by Crippen LogP contribution is -2.32. The van der Waals surface area contributed by atoms with Crippen molar-refractivity contribution in [1.29, 1.82) is 0 Å². The van der Waals surface area contributed by atoms with Gasteiger partial charge in [0, 0.05) is 29.6 Å². The van der Waals surface area contributed by atoms with Crippen molar-refractivity contribution >= 4 is 28.4 Å². The van der Waals surface area contributed by atoms with Crippen LogP contribution in [0.4, 0.5) is 28.4 Å². The highest BCUT2D eigenvalue weighted by Crippen LogP contribution is 2.44. The summed E-state index contributed by atoms with van der Waals surface area (Å²) in [4.78, 5) is 9.47. The van der Waals surface area contributed by atoms with E-state index in [0.717, 1.165) is 30.2 Å². The van der Waals surface area contributed by atoms with Gasteiger partial charge in [-0.3, -0.25) is 4.98 Å². The number of hydrogen-bond donors (Lipinski definition) is 2. The predicted octanol–water partition coefficient (Wildman–Crippen LogP) is 7.44. The number of hydrogen-bond acceptors (Lipinski definition) is 5. The van der Waals surface area contributed by atoms with Gasteiger partial charge in [0.25, 0.3) is 0 Å². The van der Waals surface area contributed by atoms with Crippen LogP contribution in [0.2, 0.25) is 0 Å². The molecule has 1 atom stereocenters. The van der Waals surface area contributed by atoms with Crippen LogP contribution in [0.3, 0.4) is 0 Å². The molecule has 5 nitrogen and oxygen atoms in total. The van der Waals surface area contributed by atoms with E-state index >= 15 is 0 Å². The molecule has 38 heavy (non-hydrogen) atoms. The fraction of sp³-hybridized carbons (Fsp3) is 0.121. The summed E-state index contributed by atoms with van der Waals surface area (Å²) >= 11 is 0. The lowest BCUT2D eigenvalue weighted by molar-refractivity contribution is 0.755. The van der Waals surface area contributed by atoms with Crippen LogP contribution in [0.15, 0.2) is 121 Å². The zero-order valence-corrected chi connectivity index (χ0v) is 21.1. The molecule has 2 aliphatic heterocycles. The van der Waals surface area contributed by atoms with E-state index in [4.69, 9.17) is 0 Å². The molecule has 1 unspecified atom stereocenters. The van der Waals surface area contributed by atoms with E-state index in [0.29, 0.717) is 6.67 Å². The Morgan fingerprint density at radius 2 is 1.47 bits per heavy atom. The van der Waals surface area contributed by atoms with Gasteiger partial charge in [0.1, 0.15) is 0 Å². The van der Waals surface area contributed by atoms with Gasteiger partial charge >= 0.3 is 0 Å². The summed E-state index contributed by atoms with van der Waals surface area (Å²) in [6, 6.07) is 41.0. The van der Waals surface area contributed by atoms with Gasteiger partial charge in [-0.2, -0.15) is 0 Å². The summed E-state index contributed by atoms with van der Waals surface area (Å²) in [6.45, 7) is 1.48. The molecule has 3 heterocycles. The second-order valence-electron chi connectivity index (χ2n) is 9.84. The van der Waals surface area contributed by atoms with Crippen LogP contribution in [0.5, 0.6) is 0 Å². The third-order valence-corrected chi connectivity index (χ3v) is 7.48. The zero-order chi connectivity index (χ0) is 25.3. The maximum absolute atomic E-state index is 4.66. The number of aromatic nitrogens is 1. The molecule has 1 aromatic heterocycles. The highest BCUT2D eigenvalue weighted by Gasteiger charge is 2.29.